The highest BCUT2D eigenvalue weighted by Crippen LogP contribution is 2.23. The largest absolute Gasteiger partial charge is 0.491 e. The molecular formula is C26H26BrN3O2. The summed E-state index contributed by atoms with van der Waals surface area (Å²) in [7, 11) is 0. The maximum absolute atomic E-state index is 12.7. The smallest absolute Gasteiger partial charge is 0.251 e. The van der Waals surface area contributed by atoms with Crippen molar-refractivity contribution in [2.75, 3.05) is 6.61 Å². The van der Waals surface area contributed by atoms with Crippen molar-refractivity contribution in [3.8, 4) is 5.75 Å². The fourth-order valence-electron chi connectivity index (χ4n) is 3.72. The monoisotopic (exact) mass is 491 g/mol. The highest BCUT2D eigenvalue weighted by molar-refractivity contribution is 9.10. The van der Waals surface area contributed by atoms with Gasteiger partial charge in [-0.3, -0.25) is 4.79 Å². The van der Waals surface area contributed by atoms with Gasteiger partial charge in [0.1, 0.15) is 18.2 Å². The van der Waals surface area contributed by atoms with Gasteiger partial charge < -0.3 is 14.6 Å². The molecule has 164 valence electrons. The van der Waals surface area contributed by atoms with E-state index >= 15 is 0 Å². The van der Waals surface area contributed by atoms with Crippen molar-refractivity contribution >= 4 is 32.9 Å². The van der Waals surface area contributed by atoms with E-state index in [0.717, 1.165) is 32.6 Å². The van der Waals surface area contributed by atoms with Crippen LogP contribution in [0.15, 0.2) is 71.2 Å². The van der Waals surface area contributed by atoms with Crippen LogP contribution in [0.2, 0.25) is 0 Å². The molecule has 0 radical (unpaired) electrons. The molecule has 0 aliphatic heterocycles. The maximum Gasteiger partial charge on any atom is 0.251 e. The van der Waals surface area contributed by atoms with Crippen LogP contribution in [-0.2, 0) is 6.54 Å². The average molecular weight is 492 g/mol. The number of imidazole rings is 1. The summed E-state index contributed by atoms with van der Waals surface area (Å²) in [6, 6.07) is 21.3. The molecule has 4 aromatic rings. The second-order valence-corrected chi connectivity index (χ2v) is 8.85. The topological polar surface area (TPSA) is 56.1 Å². The molecule has 0 aliphatic rings. The Kier molecular flexibility index (Phi) is 6.61. The summed E-state index contributed by atoms with van der Waals surface area (Å²) in [4.78, 5) is 17.6. The van der Waals surface area contributed by atoms with E-state index in [1.807, 2.05) is 50.2 Å². The van der Waals surface area contributed by atoms with Crippen molar-refractivity contribution in [3.05, 3.63) is 93.7 Å². The van der Waals surface area contributed by atoms with Crippen LogP contribution in [0.4, 0.5) is 0 Å². The van der Waals surface area contributed by atoms with Gasteiger partial charge in [-0.2, -0.15) is 0 Å². The number of amides is 1. The van der Waals surface area contributed by atoms with Gasteiger partial charge in [-0.05, 0) is 74.4 Å². The van der Waals surface area contributed by atoms with Gasteiger partial charge in [0.2, 0.25) is 0 Å². The molecule has 0 saturated heterocycles. The van der Waals surface area contributed by atoms with Crippen molar-refractivity contribution in [1.29, 1.82) is 0 Å². The lowest BCUT2D eigenvalue weighted by molar-refractivity contribution is 0.0937. The lowest BCUT2D eigenvalue weighted by atomic mass is 10.1. The van der Waals surface area contributed by atoms with Gasteiger partial charge in [0.25, 0.3) is 5.91 Å². The second-order valence-electron chi connectivity index (χ2n) is 7.93. The molecule has 5 nitrogen and oxygen atoms in total. The predicted octanol–water partition coefficient (Wildman–Crippen LogP) is 5.99. The zero-order chi connectivity index (χ0) is 22.7. The third-order valence-electron chi connectivity index (χ3n) is 5.44. The molecule has 32 heavy (non-hydrogen) atoms. The first kappa shape index (κ1) is 22.1. The molecule has 0 spiro atoms. The molecule has 1 N–H and O–H groups in total. The number of nitrogens with zero attached hydrogens (tertiary/aromatic N) is 2. The van der Waals surface area contributed by atoms with Gasteiger partial charge in [0, 0.05) is 10.0 Å². The summed E-state index contributed by atoms with van der Waals surface area (Å²) in [5.41, 5.74) is 4.82. The zero-order valence-corrected chi connectivity index (χ0v) is 20.0. The highest BCUT2D eigenvalue weighted by Gasteiger charge is 2.19. The quantitative estimate of drug-likeness (QED) is 0.345. The van der Waals surface area contributed by atoms with Gasteiger partial charge in [-0.25, -0.2) is 4.98 Å². The summed E-state index contributed by atoms with van der Waals surface area (Å²) in [6.45, 7) is 7.20. The number of benzene rings is 3. The number of hydrogen-bond acceptors (Lipinski definition) is 3. The average Bonchev–Trinajstić information content (AvgIpc) is 3.15. The van der Waals surface area contributed by atoms with Crippen LogP contribution in [0.25, 0.3) is 11.0 Å². The van der Waals surface area contributed by atoms with E-state index in [2.05, 4.69) is 50.9 Å². The number of ether oxygens (including phenoxy) is 1. The van der Waals surface area contributed by atoms with E-state index in [9.17, 15) is 4.79 Å². The Morgan fingerprint density at radius 3 is 2.62 bits per heavy atom. The van der Waals surface area contributed by atoms with Crippen molar-refractivity contribution in [3.63, 3.8) is 0 Å². The fourth-order valence-corrected chi connectivity index (χ4v) is 3.98. The molecule has 6 heteroatoms. The van der Waals surface area contributed by atoms with Crippen molar-refractivity contribution in [2.24, 2.45) is 0 Å². The Labute approximate surface area is 196 Å². The van der Waals surface area contributed by atoms with Crippen LogP contribution in [0, 0.1) is 13.8 Å². The molecule has 1 amide bonds. The van der Waals surface area contributed by atoms with Crippen molar-refractivity contribution in [1.82, 2.24) is 14.9 Å². The van der Waals surface area contributed by atoms with Crippen molar-refractivity contribution in [2.45, 2.75) is 33.4 Å². The van der Waals surface area contributed by atoms with E-state index in [-0.39, 0.29) is 11.9 Å². The van der Waals surface area contributed by atoms with Crippen LogP contribution < -0.4 is 10.1 Å². The lowest BCUT2D eigenvalue weighted by Gasteiger charge is -2.17. The van der Waals surface area contributed by atoms with Gasteiger partial charge in [-0.1, -0.05) is 40.2 Å². The number of aromatic nitrogens is 2. The molecule has 1 atom stereocenters. The van der Waals surface area contributed by atoms with Gasteiger partial charge in [-0.15, -0.1) is 0 Å². The predicted molar refractivity (Wildman–Crippen MR) is 131 cm³/mol. The number of carbonyl (C=O) groups is 1. The van der Waals surface area contributed by atoms with Gasteiger partial charge in [0.05, 0.1) is 23.6 Å². The van der Waals surface area contributed by atoms with E-state index in [1.165, 1.54) is 5.56 Å². The van der Waals surface area contributed by atoms with E-state index in [0.29, 0.717) is 18.7 Å². The van der Waals surface area contributed by atoms with Crippen LogP contribution in [0.1, 0.15) is 40.3 Å². The summed E-state index contributed by atoms with van der Waals surface area (Å²) >= 11 is 3.40. The number of aryl methyl sites for hydroxylation is 2. The number of nitrogens with one attached hydrogen (secondary N) is 1. The Morgan fingerprint density at radius 1 is 1.09 bits per heavy atom. The van der Waals surface area contributed by atoms with Gasteiger partial charge in [0.15, 0.2) is 0 Å². The number of halogens is 1. The Balaban J connectivity index is 1.54. The minimum atomic E-state index is -0.265. The van der Waals surface area contributed by atoms with Crippen LogP contribution in [0.3, 0.4) is 0 Å². The maximum atomic E-state index is 12.7. The molecule has 0 aliphatic carbocycles. The third-order valence-corrected chi connectivity index (χ3v) is 5.97. The van der Waals surface area contributed by atoms with E-state index < -0.39 is 0 Å². The fraction of sp³-hybridized carbons (Fsp3) is 0.231. The standard InChI is InChI=1S/C26H26BrN3O2/c1-17-8-9-18(2)24(16-17)32-15-14-30-23-7-5-4-6-22(23)29-25(30)19(3)28-26(31)20-10-12-21(27)13-11-20/h4-13,16,19H,14-15H2,1-3H3,(H,28,31). The number of fused-ring (bicyclic) bond motifs is 1. The lowest BCUT2D eigenvalue weighted by Crippen LogP contribution is -2.29. The Morgan fingerprint density at radius 2 is 1.84 bits per heavy atom. The molecule has 1 unspecified atom stereocenters. The summed E-state index contributed by atoms with van der Waals surface area (Å²) in [5, 5.41) is 3.08. The molecular weight excluding hydrogens is 466 g/mol. The molecule has 0 fully saturated rings. The van der Waals surface area contributed by atoms with Crippen LogP contribution in [-0.4, -0.2) is 22.1 Å². The highest BCUT2D eigenvalue weighted by atomic mass is 79.9. The minimum absolute atomic E-state index is 0.129. The van der Waals surface area contributed by atoms with Crippen LogP contribution >= 0.6 is 15.9 Å². The zero-order valence-electron chi connectivity index (χ0n) is 18.4. The normalized spacial score (nSPS) is 12.0. The Bertz CT molecular complexity index is 1250. The Hall–Kier alpha value is -3.12. The number of carbonyl (C=O) groups excluding carboxylic acids is 1. The molecule has 0 saturated carbocycles. The van der Waals surface area contributed by atoms with Crippen LogP contribution in [0.5, 0.6) is 5.75 Å². The first-order chi connectivity index (χ1) is 15.4. The van der Waals surface area contributed by atoms with E-state index in [4.69, 9.17) is 9.72 Å². The first-order valence-corrected chi connectivity index (χ1v) is 11.4. The van der Waals surface area contributed by atoms with Crippen molar-refractivity contribution < 1.29 is 9.53 Å². The molecule has 4 rings (SSSR count). The van der Waals surface area contributed by atoms with E-state index in [1.54, 1.807) is 12.1 Å². The first-order valence-electron chi connectivity index (χ1n) is 10.6. The SMILES string of the molecule is Cc1ccc(C)c(OCCn2c(C(C)NC(=O)c3ccc(Br)cc3)nc3ccccc32)c1. The summed E-state index contributed by atoms with van der Waals surface area (Å²) in [5.74, 6) is 1.57. The summed E-state index contributed by atoms with van der Waals surface area (Å²) in [6.07, 6.45) is 0. The minimum Gasteiger partial charge on any atom is -0.491 e. The van der Waals surface area contributed by atoms with Gasteiger partial charge >= 0.3 is 0 Å². The molecule has 3 aromatic carbocycles. The third kappa shape index (κ3) is 4.86. The summed E-state index contributed by atoms with van der Waals surface area (Å²) < 4.78 is 9.17. The molecule has 1 heterocycles. The number of rotatable bonds is 7. The molecule has 1 aromatic heterocycles. The number of hydrogen-bond donors (Lipinski definition) is 1. The number of para-hydroxylation sites is 2. The second kappa shape index (κ2) is 9.57. The molecule has 0 bridgehead atoms.